The van der Waals surface area contributed by atoms with E-state index in [2.05, 4.69) is 30.7 Å². The standard InChI is InChI=1S/C10H16N2/c1-7(2)9(4)10-6-11-8(3)5-12-10/h5-7,9H,1-4H3/t9-/m1/s1. The number of hydrogen-bond donors (Lipinski definition) is 0. The van der Waals surface area contributed by atoms with Gasteiger partial charge in [0.15, 0.2) is 0 Å². The summed E-state index contributed by atoms with van der Waals surface area (Å²) in [4.78, 5) is 8.56. The van der Waals surface area contributed by atoms with Crippen LogP contribution in [-0.4, -0.2) is 9.97 Å². The highest BCUT2D eigenvalue weighted by Gasteiger charge is 2.10. The number of nitrogens with zero attached hydrogens (tertiary/aromatic N) is 2. The van der Waals surface area contributed by atoms with Gasteiger partial charge in [0.1, 0.15) is 0 Å². The molecule has 0 bridgehead atoms. The molecule has 0 amide bonds. The van der Waals surface area contributed by atoms with Crippen LogP contribution in [0, 0.1) is 12.8 Å². The molecule has 0 N–H and O–H groups in total. The summed E-state index contributed by atoms with van der Waals surface area (Å²) in [5.74, 6) is 1.13. The van der Waals surface area contributed by atoms with Crippen LogP contribution in [0.4, 0.5) is 0 Å². The maximum absolute atomic E-state index is 4.34. The predicted octanol–water partition coefficient (Wildman–Crippen LogP) is 2.54. The Morgan fingerprint density at radius 3 is 2.17 bits per heavy atom. The highest BCUT2D eigenvalue weighted by molar-refractivity contribution is 5.06. The fourth-order valence-corrected chi connectivity index (χ4v) is 0.979. The van der Waals surface area contributed by atoms with Crippen LogP contribution in [0.2, 0.25) is 0 Å². The average Bonchev–Trinajstić information content (AvgIpc) is 2.04. The van der Waals surface area contributed by atoms with Crippen LogP contribution in [0.1, 0.15) is 38.1 Å². The SMILES string of the molecule is Cc1cnc([C@H](C)C(C)C)cn1. The summed E-state index contributed by atoms with van der Waals surface area (Å²) in [6, 6.07) is 0. The first kappa shape index (κ1) is 9.17. The fourth-order valence-electron chi connectivity index (χ4n) is 0.979. The van der Waals surface area contributed by atoms with Crippen LogP contribution in [-0.2, 0) is 0 Å². The van der Waals surface area contributed by atoms with Crippen LogP contribution >= 0.6 is 0 Å². The van der Waals surface area contributed by atoms with Crippen molar-refractivity contribution in [2.24, 2.45) is 5.92 Å². The van der Waals surface area contributed by atoms with Crippen LogP contribution in [0.15, 0.2) is 12.4 Å². The number of rotatable bonds is 2. The zero-order valence-electron chi connectivity index (χ0n) is 8.20. The zero-order chi connectivity index (χ0) is 9.14. The van der Waals surface area contributed by atoms with Gasteiger partial charge in [0.05, 0.1) is 11.4 Å². The van der Waals surface area contributed by atoms with Gasteiger partial charge in [-0.3, -0.25) is 9.97 Å². The Morgan fingerprint density at radius 2 is 1.75 bits per heavy atom. The Hall–Kier alpha value is -0.920. The van der Waals surface area contributed by atoms with Crippen molar-refractivity contribution in [2.45, 2.75) is 33.6 Å². The second kappa shape index (κ2) is 3.65. The average molecular weight is 164 g/mol. The summed E-state index contributed by atoms with van der Waals surface area (Å²) in [6.07, 6.45) is 3.70. The molecule has 0 unspecified atom stereocenters. The zero-order valence-corrected chi connectivity index (χ0v) is 8.20. The van der Waals surface area contributed by atoms with Crippen molar-refractivity contribution in [1.82, 2.24) is 9.97 Å². The van der Waals surface area contributed by atoms with Gasteiger partial charge in [-0.05, 0) is 12.8 Å². The molecule has 1 heterocycles. The molecule has 1 atom stereocenters. The van der Waals surface area contributed by atoms with Gasteiger partial charge >= 0.3 is 0 Å². The summed E-state index contributed by atoms with van der Waals surface area (Å²) < 4.78 is 0. The lowest BCUT2D eigenvalue weighted by Gasteiger charge is -2.13. The van der Waals surface area contributed by atoms with E-state index in [4.69, 9.17) is 0 Å². The van der Waals surface area contributed by atoms with Crippen molar-refractivity contribution in [3.8, 4) is 0 Å². The Kier molecular flexibility index (Phi) is 2.79. The molecule has 0 fully saturated rings. The summed E-state index contributed by atoms with van der Waals surface area (Å²) in [5, 5.41) is 0. The van der Waals surface area contributed by atoms with Gasteiger partial charge in [0.25, 0.3) is 0 Å². The van der Waals surface area contributed by atoms with E-state index in [0.29, 0.717) is 11.8 Å². The second-order valence-electron chi connectivity index (χ2n) is 3.62. The van der Waals surface area contributed by atoms with E-state index in [1.807, 2.05) is 19.3 Å². The van der Waals surface area contributed by atoms with Crippen LogP contribution in [0.25, 0.3) is 0 Å². The van der Waals surface area contributed by atoms with Gasteiger partial charge in [-0.1, -0.05) is 20.8 Å². The third-order valence-electron chi connectivity index (χ3n) is 2.27. The Bertz CT molecular complexity index is 239. The number of aryl methyl sites for hydroxylation is 1. The maximum atomic E-state index is 4.34. The minimum atomic E-state index is 0.498. The summed E-state index contributed by atoms with van der Waals surface area (Å²) in [5.41, 5.74) is 2.07. The Morgan fingerprint density at radius 1 is 1.08 bits per heavy atom. The smallest absolute Gasteiger partial charge is 0.0617 e. The molecule has 0 aliphatic rings. The molecule has 0 spiro atoms. The second-order valence-corrected chi connectivity index (χ2v) is 3.62. The first-order chi connectivity index (χ1) is 5.61. The molecule has 12 heavy (non-hydrogen) atoms. The van der Waals surface area contributed by atoms with E-state index in [0.717, 1.165) is 11.4 Å². The molecular weight excluding hydrogens is 148 g/mol. The van der Waals surface area contributed by atoms with E-state index >= 15 is 0 Å². The van der Waals surface area contributed by atoms with E-state index in [9.17, 15) is 0 Å². The molecule has 0 saturated heterocycles. The first-order valence-electron chi connectivity index (χ1n) is 4.40. The molecule has 0 saturated carbocycles. The van der Waals surface area contributed by atoms with Gasteiger partial charge < -0.3 is 0 Å². The van der Waals surface area contributed by atoms with Gasteiger partial charge in [-0.2, -0.15) is 0 Å². The largest absolute Gasteiger partial charge is 0.258 e. The minimum Gasteiger partial charge on any atom is -0.258 e. The number of aromatic nitrogens is 2. The predicted molar refractivity (Wildman–Crippen MR) is 50.0 cm³/mol. The molecule has 0 aliphatic heterocycles. The molecule has 66 valence electrons. The molecule has 1 rings (SSSR count). The molecular formula is C10H16N2. The molecule has 0 radical (unpaired) electrons. The van der Waals surface area contributed by atoms with Gasteiger partial charge in [-0.15, -0.1) is 0 Å². The minimum absolute atomic E-state index is 0.498. The monoisotopic (exact) mass is 164 g/mol. The van der Waals surface area contributed by atoms with E-state index in [1.165, 1.54) is 0 Å². The van der Waals surface area contributed by atoms with Crippen molar-refractivity contribution < 1.29 is 0 Å². The van der Waals surface area contributed by atoms with Crippen molar-refractivity contribution in [1.29, 1.82) is 0 Å². The van der Waals surface area contributed by atoms with Crippen molar-refractivity contribution in [3.63, 3.8) is 0 Å². The summed E-state index contributed by atoms with van der Waals surface area (Å²) in [6.45, 7) is 8.54. The molecule has 2 heteroatoms. The quantitative estimate of drug-likeness (QED) is 0.671. The van der Waals surface area contributed by atoms with Crippen molar-refractivity contribution in [3.05, 3.63) is 23.8 Å². The highest BCUT2D eigenvalue weighted by Crippen LogP contribution is 2.20. The number of hydrogen-bond acceptors (Lipinski definition) is 2. The summed E-state index contributed by atoms with van der Waals surface area (Å²) >= 11 is 0. The molecule has 1 aromatic heterocycles. The molecule has 0 aromatic carbocycles. The van der Waals surface area contributed by atoms with Gasteiger partial charge in [-0.25, -0.2) is 0 Å². The van der Waals surface area contributed by atoms with E-state index in [-0.39, 0.29) is 0 Å². The van der Waals surface area contributed by atoms with Crippen LogP contribution in [0.5, 0.6) is 0 Å². The summed E-state index contributed by atoms with van der Waals surface area (Å²) in [7, 11) is 0. The van der Waals surface area contributed by atoms with E-state index < -0.39 is 0 Å². The first-order valence-corrected chi connectivity index (χ1v) is 4.40. The lowest BCUT2D eigenvalue weighted by Crippen LogP contribution is -2.05. The van der Waals surface area contributed by atoms with Gasteiger partial charge in [0, 0.05) is 18.3 Å². The topological polar surface area (TPSA) is 25.8 Å². The molecule has 2 nitrogen and oxygen atoms in total. The Labute approximate surface area is 74.1 Å². The normalized spacial score (nSPS) is 13.4. The Balaban J connectivity index is 2.82. The fraction of sp³-hybridized carbons (Fsp3) is 0.600. The van der Waals surface area contributed by atoms with Crippen LogP contribution in [0.3, 0.4) is 0 Å². The molecule has 0 aliphatic carbocycles. The van der Waals surface area contributed by atoms with Crippen molar-refractivity contribution in [2.75, 3.05) is 0 Å². The lowest BCUT2D eigenvalue weighted by molar-refractivity contribution is 0.521. The lowest BCUT2D eigenvalue weighted by atomic mass is 9.95. The van der Waals surface area contributed by atoms with Crippen molar-refractivity contribution >= 4 is 0 Å². The molecule has 1 aromatic rings. The maximum Gasteiger partial charge on any atom is 0.0617 e. The third kappa shape index (κ3) is 2.03. The van der Waals surface area contributed by atoms with Gasteiger partial charge in [0.2, 0.25) is 0 Å². The van der Waals surface area contributed by atoms with E-state index in [1.54, 1.807) is 0 Å². The van der Waals surface area contributed by atoms with Crippen LogP contribution < -0.4 is 0 Å². The highest BCUT2D eigenvalue weighted by atomic mass is 14.8. The third-order valence-corrected chi connectivity index (χ3v) is 2.27.